The fourth-order valence-corrected chi connectivity index (χ4v) is 2.97. The number of hydrogen-bond acceptors (Lipinski definition) is 13. The standard InChI is InChI=1S/C19H26O13/c1-8(20)26-7-14(27-9(2)21)15-16(28-10(3)22)17(29-11(4)23)18(30-12(5)24)19(32-15)31-13(6)25/h14-19H,7H2,1-6H3/t14-,15+,16+,17-,18-,19-/m0/s1. The fourth-order valence-electron chi connectivity index (χ4n) is 2.97. The van der Waals surface area contributed by atoms with Crippen LogP contribution in [0.2, 0.25) is 0 Å². The first-order valence-corrected chi connectivity index (χ1v) is 9.46. The summed E-state index contributed by atoms with van der Waals surface area (Å²) in [5.74, 6) is -4.90. The average Bonchev–Trinajstić information content (AvgIpc) is 2.61. The molecule has 0 radical (unpaired) electrons. The van der Waals surface area contributed by atoms with Gasteiger partial charge >= 0.3 is 35.8 Å². The van der Waals surface area contributed by atoms with Gasteiger partial charge in [-0.1, -0.05) is 0 Å². The van der Waals surface area contributed by atoms with Crippen LogP contribution in [0.5, 0.6) is 0 Å². The smallest absolute Gasteiger partial charge is 0.305 e. The minimum atomic E-state index is -1.65. The van der Waals surface area contributed by atoms with Crippen LogP contribution >= 0.6 is 0 Å². The summed E-state index contributed by atoms with van der Waals surface area (Å²) < 4.78 is 36.4. The minimum Gasteiger partial charge on any atom is -0.462 e. The molecule has 0 aromatic rings. The van der Waals surface area contributed by atoms with E-state index in [1.807, 2.05) is 0 Å². The van der Waals surface area contributed by atoms with Crippen LogP contribution in [0.3, 0.4) is 0 Å². The lowest BCUT2D eigenvalue weighted by atomic mass is 9.94. The van der Waals surface area contributed by atoms with Crippen molar-refractivity contribution >= 4 is 35.8 Å². The molecule has 1 aliphatic rings. The first kappa shape index (κ1) is 26.8. The molecule has 13 heteroatoms. The monoisotopic (exact) mass is 462 g/mol. The van der Waals surface area contributed by atoms with Crippen LogP contribution in [0.1, 0.15) is 41.5 Å². The second kappa shape index (κ2) is 12.0. The van der Waals surface area contributed by atoms with E-state index < -0.39 is 79.2 Å². The zero-order valence-electron chi connectivity index (χ0n) is 18.5. The van der Waals surface area contributed by atoms with E-state index in [0.717, 1.165) is 41.5 Å². The lowest BCUT2D eigenvalue weighted by Gasteiger charge is -2.45. The molecule has 1 heterocycles. The number of esters is 6. The molecule has 1 aliphatic heterocycles. The van der Waals surface area contributed by atoms with Gasteiger partial charge < -0.3 is 33.2 Å². The van der Waals surface area contributed by atoms with E-state index in [1.54, 1.807) is 0 Å². The Morgan fingerprint density at radius 1 is 0.625 bits per heavy atom. The third kappa shape index (κ3) is 8.49. The molecule has 6 atom stereocenters. The summed E-state index contributed by atoms with van der Waals surface area (Å²) >= 11 is 0. The van der Waals surface area contributed by atoms with E-state index in [-0.39, 0.29) is 0 Å². The van der Waals surface area contributed by atoms with E-state index in [4.69, 9.17) is 33.2 Å². The summed E-state index contributed by atoms with van der Waals surface area (Å²) in [5, 5.41) is 0. The van der Waals surface area contributed by atoms with Crippen molar-refractivity contribution in [2.24, 2.45) is 0 Å². The van der Waals surface area contributed by atoms with Gasteiger partial charge in [0.25, 0.3) is 0 Å². The number of carbonyl (C=O) groups is 6. The Hall–Kier alpha value is -3.22. The molecular weight excluding hydrogens is 436 g/mol. The minimum absolute atomic E-state index is 0.533. The zero-order chi connectivity index (χ0) is 24.6. The first-order valence-electron chi connectivity index (χ1n) is 9.46. The molecule has 13 nitrogen and oxygen atoms in total. The highest BCUT2D eigenvalue weighted by Gasteiger charge is 2.56. The molecule has 32 heavy (non-hydrogen) atoms. The van der Waals surface area contributed by atoms with Gasteiger partial charge in [0.1, 0.15) is 12.7 Å². The van der Waals surface area contributed by atoms with Gasteiger partial charge in [0.05, 0.1) is 0 Å². The Labute approximate surface area is 183 Å². The Balaban J connectivity index is 3.52. The number of hydrogen-bond donors (Lipinski definition) is 0. The molecular formula is C19H26O13. The molecule has 180 valence electrons. The van der Waals surface area contributed by atoms with E-state index in [0.29, 0.717) is 0 Å². The van der Waals surface area contributed by atoms with Gasteiger partial charge in [-0.15, -0.1) is 0 Å². The summed E-state index contributed by atoms with van der Waals surface area (Å²) in [6.45, 7) is 5.83. The molecule has 1 fully saturated rings. The molecule has 0 spiro atoms. The largest absolute Gasteiger partial charge is 0.462 e. The van der Waals surface area contributed by atoms with Crippen molar-refractivity contribution in [2.75, 3.05) is 6.61 Å². The molecule has 0 aromatic heterocycles. The number of carbonyl (C=O) groups excluding carboxylic acids is 6. The SMILES string of the molecule is CC(=O)OC[C@H](OC(C)=O)[C@H]1O[C@H](OC(C)=O)[C@@H](OC(C)=O)[C@@H](OC(C)=O)[C@@H]1OC(C)=O. The third-order valence-electron chi connectivity index (χ3n) is 3.85. The molecule has 0 bridgehead atoms. The Kier molecular flexibility index (Phi) is 10.0. The first-order chi connectivity index (χ1) is 14.8. The molecule has 0 amide bonds. The normalized spacial score (nSPS) is 25.5. The van der Waals surface area contributed by atoms with Crippen LogP contribution in [-0.2, 0) is 61.9 Å². The maximum atomic E-state index is 11.8. The summed E-state index contributed by atoms with van der Waals surface area (Å²) in [5.41, 5.74) is 0. The zero-order valence-corrected chi connectivity index (χ0v) is 18.5. The summed E-state index contributed by atoms with van der Waals surface area (Å²) in [4.78, 5) is 69.7. The lowest BCUT2D eigenvalue weighted by molar-refractivity contribution is -0.310. The van der Waals surface area contributed by atoms with Crippen molar-refractivity contribution in [1.29, 1.82) is 0 Å². The van der Waals surface area contributed by atoms with Gasteiger partial charge in [-0.2, -0.15) is 0 Å². The molecule has 1 rings (SSSR count). The number of ether oxygens (including phenoxy) is 7. The van der Waals surface area contributed by atoms with Gasteiger partial charge in [-0.3, -0.25) is 28.8 Å². The van der Waals surface area contributed by atoms with E-state index in [9.17, 15) is 28.8 Å². The molecule has 0 saturated carbocycles. The predicted octanol–water partition coefficient (Wildman–Crippen LogP) is -0.436. The second-order valence-corrected chi connectivity index (χ2v) is 6.75. The summed E-state index contributed by atoms with van der Waals surface area (Å²) in [6.07, 6.45) is -9.05. The quantitative estimate of drug-likeness (QED) is 0.337. The maximum Gasteiger partial charge on any atom is 0.305 e. The van der Waals surface area contributed by atoms with E-state index >= 15 is 0 Å². The highest BCUT2D eigenvalue weighted by atomic mass is 16.7. The predicted molar refractivity (Wildman–Crippen MR) is 99.3 cm³/mol. The van der Waals surface area contributed by atoms with Crippen molar-refractivity contribution < 1.29 is 61.9 Å². The van der Waals surface area contributed by atoms with Crippen molar-refractivity contribution in [3.8, 4) is 0 Å². The van der Waals surface area contributed by atoms with Crippen molar-refractivity contribution in [2.45, 2.75) is 78.4 Å². The Morgan fingerprint density at radius 3 is 1.53 bits per heavy atom. The van der Waals surface area contributed by atoms with Crippen LogP contribution in [0.25, 0.3) is 0 Å². The lowest BCUT2D eigenvalue weighted by Crippen LogP contribution is -2.65. The topological polar surface area (TPSA) is 167 Å². The van der Waals surface area contributed by atoms with Crippen molar-refractivity contribution in [3.05, 3.63) is 0 Å². The van der Waals surface area contributed by atoms with Crippen LogP contribution < -0.4 is 0 Å². The van der Waals surface area contributed by atoms with Gasteiger partial charge in [0.15, 0.2) is 18.3 Å². The van der Waals surface area contributed by atoms with Gasteiger partial charge in [0.2, 0.25) is 12.4 Å². The second-order valence-electron chi connectivity index (χ2n) is 6.75. The maximum absolute atomic E-state index is 11.8. The van der Waals surface area contributed by atoms with E-state index in [1.165, 1.54) is 0 Å². The average molecular weight is 462 g/mol. The highest BCUT2D eigenvalue weighted by Crippen LogP contribution is 2.32. The molecule has 0 aromatic carbocycles. The Morgan fingerprint density at radius 2 is 1.09 bits per heavy atom. The van der Waals surface area contributed by atoms with Gasteiger partial charge in [0, 0.05) is 41.5 Å². The Bertz CT molecular complexity index is 732. The van der Waals surface area contributed by atoms with Gasteiger partial charge in [-0.05, 0) is 0 Å². The fraction of sp³-hybridized carbons (Fsp3) is 0.684. The molecule has 0 N–H and O–H groups in total. The molecule has 1 saturated heterocycles. The number of rotatable bonds is 8. The highest BCUT2D eigenvalue weighted by molar-refractivity contribution is 5.69. The van der Waals surface area contributed by atoms with Crippen LogP contribution in [0.15, 0.2) is 0 Å². The molecule has 0 aliphatic carbocycles. The van der Waals surface area contributed by atoms with Crippen molar-refractivity contribution in [3.63, 3.8) is 0 Å². The van der Waals surface area contributed by atoms with Crippen molar-refractivity contribution in [1.82, 2.24) is 0 Å². The van der Waals surface area contributed by atoms with Crippen LogP contribution in [-0.4, -0.2) is 79.2 Å². The molecule has 0 unspecified atom stereocenters. The third-order valence-corrected chi connectivity index (χ3v) is 3.85. The van der Waals surface area contributed by atoms with Crippen LogP contribution in [0.4, 0.5) is 0 Å². The summed E-state index contributed by atoms with van der Waals surface area (Å²) in [7, 11) is 0. The van der Waals surface area contributed by atoms with Crippen LogP contribution in [0, 0.1) is 0 Å². The summed E-state index contributed by atoms with van der Waals surface area (Å²) in [6, 6.07) is 0. The van der Waals surface area contributed by atoms with E-state index in [2.05, 4.69) is 0 Å². The van der Waals surface area contributed by atoms with Gasteiger partial charge in [-0.25, -0.2) is 0 Å².